The monoisotopic (exact) mass is 420 g/mol. The van der Waals surface area contributed by atoms with Gasteiger partial charge in [-0.25, -0.2) is 10.9 Å². The van der Waals surface area contributed by atoms with Crippen molar-refractivity contribution >= 4 is 22.6 Å². The number of benzene rings is 3. The van der Waals surface area contributed by atoms with E-state index < -0.39 is 5.91 Å². The minimum atomic E-state index is -0.624. The molecule has 0 radical (unpaired) electrons. The van der Waals surface area contributed by atoms with E-state index >= 15 is 0 Å². The van der Waals surface area contributed by atoms with E-state index in [1.807, 2.05) is 12.1 Å². The number of nitrogens with one attached hydrogen (secondary N) is 3. The highest BCUT2D eigenvalue weighted by Gasteiger charge is 2.10. The van der Waals surface area contributed by atoms with Crippen molar-refractivity contribution in [3.05, 3.63) is 82.9 Å². The van der Waals surface area contributed by atoms with E-state index in [1.54, 1.807) is 5.48 Å². The average Bonchev–Trinajstić information content (AvgIpc) is 2.82. The summed E-state index contributed by atoms with van der Waals surface area (Å²) in [7, 11) is 0. The predicted octanol–water partition coefficient (Wildman–Crippen LogP) is 3.24. The summed E-state index contributed by atoms with van der Waals surface area (Å²) in [6, 6.07) is 18.6. The molecule has 0 heterocycles. The maximum Gasteiger partial charge on any atom is 0.274 e. The van der Waals surface area contributed by atoms with Crippen molar-refractivity contribution in [1.29, 1.82) is 0 Å². The number of amides is 2. The summed E-state index contributed by atoms with van der Waals surface area (Å²) in [5, 5.41) is 11.0. The van der Waals surface area contributed by atoms with Crippen LogP contribution in [0.15, 0.2) is 60.7 Å². The van der Waals surface area contributed by atoms with Gasteiger partial charge >= 0.3 is 0 Å². The zero-order chi connectivity index (χ0) is 22.2. The number of hydrogen-bond donors (Lipinski definition) is 4. The van der Waals surface area contributed by atoms with E-state index in [1.165, 1.54) is 35.2 Å². The second-order valence-corrected chi connectivity index (χ2v) is 7.22. The van der Waals surface area contributed by atoms with Gasteiger partial charge in [0.2, 0.25) is 0 Å². The topological polar surface area (TPSA) is 93.7 Å². The number of carbonyl (C=O) groups excluding carboxylic acids is 2. The Labute approximate surface area is 182 Å². The van der Waals surface area contributed by atoms with Gasteiger partial charge in [-0.15, -0.1) is 0 Å². The fourth-order valence-corrected chi connectivity index (χ4v) is 3.53. The molecule has 0 aromatic heterocycles. The number of carbonyl (C=O) groups is 2. The molecule has 3 rings (SSSR count). The molecule has 7 nitrogen and oxygen atoms in total. The molecule has 162 valence electrons. The van der Waals surface area contributed by atoms with Crippen LogP contribution in [0.4, 0.5) is 0 Å². The van der Waals surface area contributed by atoms with E-state index in [9.17, 15) is 9.59 Å². The van der Waals surface area contributed by atoms with Crippen LogP contribution in [0, 0.1) is 0 Å². The highest BCUT2D eigenvalue weighted by molar-refractivity contribution is 5.97. The molecule has 0 spiro atoms. The maximum atomic E-state index is 12.4. The molecule has 0 aliphatic heterocycles. The molecule has 0 saturated carbocycles. The lowest BCUT2D eigenvalue weighted by Crippen LogP contribution is -2.36. The van der Waals surface area contributed by atoms with Gasteiger partial charge in [-0.1, -0.05) is 50.2 Å². The van der Waals surface area contributed by atoms with Crippen LogP contribution in [0.2, 0.25) is 0 Å². The smallest absolute Gasteiger partial charge is 0.274 e. The second kappa shape index (κ2) is 10.7. The molecule has 3 aromatic carbocycles. The van der Waals surface area contributed by atoms with Gasteiger partial charge in [0.05, 0.1) is 0 Å². The summed E-state index contributed by atoms with van der Waals surface area (Å²) in [6.07, 6.45) is 0. The van der Waals surface area contributed by atoms with E-state index in [4.69, 9.17) is 5.21 Å². The Morgan fingerprint density at radius 3 is 1.94 bits per heavy atom. The third kappa shape index (κ3) is 5.46. The molecule has 0 aliphatic carbocycles. The van der Waals surface area contributed by atoms with Crippen LogP contribution in [0.3, 0.4) is 0 Å². The van der Waals surface area contributed by atoms with Gasteiger partial charge < -0.3 is 0 Å². The summed E-state index contributed by atoms with van der Waals surface area (Å²) in [4.78, 5) is 26.1. The Hall–Kier alpha value is -3.26. The quantitative estimate of drug-likeness (QED) is 0.315. The summed E-state index contributed by atoms with van der Waals surface area (Å²) in [5.74, 6) is -0.931. The Balaban J connectivity index is 1.67. The molecule has 0 saturated heterocycles. The number of hydroxylamine groups is 1. The molecule has 0 aliphatic rings. The molecule has 7 heteroatoms. The van der Waals surface area contributed by atoms with Crippen molar-refractivity contribution in [3.63, 3.8) is 0 Å². The van der Waals surface area contributed by atoms with Gasteiger partial charge in [0.15, 0.2) is 0 Å². The van der Waals surface area contributed by atoms with Gasteiger partial charge in [-0.3, -0.25) is 25.1 Å². The van der Waals surface area contributed by atoms with Crippen molar-refractivity contribution in [2.24, 2.45) is 0 Å². The lowest BCUT2D eigenvalue weighted by Gasteiger charge is -2.20. The Bertz CT molecular complexity index is 1050. The Morgan fingerprint density at radius 1 is 0.806 bits per heavy atom. The molecule has 0 atom stereocenters. The Morgan fingerprint density at radius 2 is 1.35 bits per heavy atom. The first-order valence-electron chi connectivity index (χ1n) is 10.4. The zero-order valence-electron chi connectivity index (χ0n) is 17.8. The normalized spacial score (nSPS) is 11.0. The van der Waals surface area contributed by atoms with Gasteiger partial charge in [0.25, 0.3) is 11.8 Å². The summed E-state index contributed by atoms with van der Waals surface area (Å²) in [6.45, 7) is 7.73. The van der Waals surface area contributed by atoms with Crippen molar-refractivity contribution in [2.45, 2.75) is 26.9 Å². The summed E-state index contributed by atoms with van der Waals surface area (Å²) >= 11 is 0. The molecule has 3 aromatic rings. The summed E-state index contributed by atoms with van der Waals surface area (Å²) in [5.41, 5.74) is 10.3. The predicted molar refractivity (Wildman–Crippen MR) is 121 cm³/mol. The van der Waals surface area contributed by atoms with Crippen LogP contribution >= 0.6 is 0 Å². The van der Waals surface area contributed by atoms with Crippen LogP contribution in [-0.2, 0) is 13.1 Å². The SMILES string of the molecule is CCN(CC)Cc1ccc(CNNC(=O)c2ccc(C(=O)NO)cc2)c2ccccc12. The lowest BCUT2D eigenvalue weighted by atomic mass is 9.99. The summed E-state index contributed by atoms with van der Waals surface area (Å²) < 4.78 is 0. The van der Waals surface area contributed by atoms with Crippen molar-refractivity contribution in [3.8, 4) is 0 Å². The lowest BCUT2D eigenvalue weighted by molar-refractivity contribution is 0.0706. The van der Waals surface area contributed by atoms with Crippen molar-refractivity contribution in [2.75, 3.05) is 13.1 Å². The van der Waals surface area contributed by atoms with Crippen LogP contribution in [0.25, 0.3) is 10.8 Å². The number of nitrogens with zero attached hydrogens (tertiary/aromatic N) is 1. The van der Waals surface area contributed by atoms with Crippen molar-refractivity contribution in [1.82, 2.24) is 21.2 Å². The zero-order valence-corrected chi connectivity index (χ0v) is 17.8. The fourth-order valence-electron chi connectivity index (χ4n) is 3.53. The van der Waals surface area contributed by atoms with E-state index in [-0.39, 0.29) is 11.5 Å². The molecule has 31 heavy (non-hydrogen) atoms. The van der Waals surface area contributed by atoms with Gasteiger partial charge in [0, 0.05) is 24.2 Å². The highest BCUT2D eigenvalue weighted by Crippen LogP contribution is 2.24. The first kappa shape index (κ1) is 22.4. The van der Waals surface area contributed by atoms with Gasteiger partial charge in [-0.05, 0) is 59.3 Å². The number of fused-ring (bicyclic) bond motifs is 1. The molecular weight excluding hydrogens is 392 g/mol. The minimum Gasteiger partial charge on any atom is -0.300 e. The van der Waals surface area contributed by atoms with E-state index in [2.05, 4.69) is 53.9 Å². The Kier molecular flexibility index (Phi) is 7.72. The second-order valence-electron chi connectivity index (χ2n) is 7.22. The van der Waals surface area contributed by atoms with Crippen LogP contribution in [-0.4, -0.2) is 35.0 Å². The standard InChI is InChI=1S/C24H28N4O3/c1-3-28(4-2)16-20-14-13-19(21-7-5-6-8-22(20)21)15-25-26-23(29)17-9-11-18(12-10-17)24(30)27-31/h5-14,25,31H,3-4,15-16H2,1-2H3,(H,26,29)(H,27,30). The van der Waals surface area contributed by atoms with Crippen molar-refractivity contribution < 1.29 is 14.8 Å². The minimum absolute atomic E-state index is 0.267. The van der Waals surface area contributed by atoms with Crippen LogP contribution in [0.5, 0.6) is 0 Å². The molecule has 0 fully saturated rings. The highest BCUT2D eigenvalue weighted by atomic mass is 16.5. The van der Waals surface area contributed by atoms with Crippen LogP contribution in [0.1, 0.15) is 45.7 Å². The molecule has 2 amide bonds. The largest absolute Gasteiger partial charge is 0.300 e. The number of hydrogen-bond acceptors (Lipinski definition) is 5. The number of hydrazine groups is 1. The fraction of sp³-hybridized carbons (Fsp3) is 0.250. The van der Waals surface area contributed by atoms with Crippen LogP contribution < -0.4 is 16.3 Å². The molecule has 0 unspecified atom stereocenters. The molecule has 0 bridgehead atoms. The van der Waals surface area contributed by atoms with Gasteiger partial charge in [-0.2, -0.15) is 0 Å². The molecular formula is C24H28N4O3. The van der Waals surface area contributed by atoms with E-state index in [0.29, 0.717) is 12.1 Å². The molecule has 4 N–H and O–H groups in total. The first-order chi connectivity index (χ1) is 15.1. The maximum absolute atomic E-state index is 12.4. The average molecular weight is 421 g/mol. The third-order valence-electron chi connectivity index (χ3n) is 5.38. The first-order valence-corrected chi connectivity index (χ1v) is 10.4. The van der Waals surface area contributed by atoms with Gasteiger partial charge in [0.1, 0.15) is 0 Å². The van der Waals surface area contributed by atoms with E-state index in [0.717, 1.165) is 30.6 Å². The third-order valence-corrected chi connectivity index (χ3v) is 5.38. The number of rotatable bonds is 9.